The molecular formula is C14H7Br2N3O. The van der Waals surface area contributed by atoms with Gasteiger partial charge in [-0.1, -0.05) is 12.1 Å². The number of aromatic amines is 1. The smallest absolute Gasteiger partial charge is 0.184 e. The number of para-hydroxylation sites is 2. The number of nitrogens with zero attached hydrogens (tertiary/aromatic N) is 2. The molecule has 20 heavy (non-hydrogen) atoms. The third-order valence-corrected chi connectivity index (χ3v) is 4.43. The van der Waals surface area contributed by atoms with Crippen molar-refractivity contribution in [1.82, 2.24) is 9.97 Å². The van der Waals surface area contributed by atoms with Crippen LogP contribution in [0.1, 0.15) is 11.6 Å². The molecule has 0 saturated carbocycles. The summed E-state index contributed by atoms with van der Waals surface area (Å²) in [6.07, 6.45) is 1.65. The number of rotatable bonds is 2. The maximum atomic E-state index is 9.30. The van der Waals surface area contributed by atoms with Crippen molar-refractivity contribution in [3.8, 4) is 6.07 Å². The molecule has 0 unspecified atom stereocenters. The topological polar surface area (TPSA) is 65.6 Å². The van der Waals surface area contributed by atoms with Gasteiger partial charge >= 0.3 is 0 Å². The lowest BCUT2D eigenvalue weighted by Crippen LogP contribution is -1.83. The van der Waals surface area contributed by atoms with E-state index in [0.29, 0.717) is 21.8 Å². The predicted octanol–water partition coefficient (Wildman–Crippen LogP) is 4.75. The highest BCUT2D eigenvalue weighted by molar-refractivity contribution is 9.13. The number of allylic oxidation sites excluding steroid dienone is 1. The number of benzene rings is 1. The van der Waals surface area contributed by atoms with Crippen LogP contribution < -0.4 is 0 Å². The molecule has 0 fully saturated rings. The molecule has 1 aromatic carbocycles. The molecule has 0 spiro atoms. The standard InChI is InChI=1S/C14H7Br2N3O/c15-10-6-9(20-13(10)16)5-8(7-17)14-18-11-3-1-2-4-12(11)19-14/h1-6H,(H,18,19). The van der Waals surface area contributed by atoms with Gasteiger partial charge in [-0.05, 0) is 50.1 Å². The van der Waals surface area contributed by atoms with E-state index in [1.54, 1.807) is 12.1 Å². The van der Waals surface area contributed by atoms with Crippen LogP contribution in [0.15, 0.2) is 43.9 Å². The van der Waals surface area contributed by atoms with Gasteiger partial charge < -0.3 is 9.40 Å². The fourth-order valence-electron chi connectivity index (χ4n) is 1.81. The Labute approximate surface area is 131 Å². The quantitative estimate of drug-likeness (QED) is 0.640. The molecule has 0 radical (unpaired) electrons. The first-order valence-electron chi connectivity index (χ1n) is 5.69. The fourth-order valence-corrected chi connectivity index (χ4v) is 2.42. The van der Waals surface area contributed by atoms with Crippen molar-refractivity contribution in [2.45, 2.75) is 0 Å². The Kier molecular flexibility index (Phi) is 3.47. The van der Waals surface area contributed by atoms with Gasteiger partial charge in [-0.25, -0.2) is 4.98 Å². The zero-order chi connectivity index (χ0) is 14.1. The normalized spacial score (nSPS) is 11.8. The number of nitrogens with one attached hydrogen (secondary N) is 1. The van der Waals surface area contributed by atoms with Crippen molar-refractivity contribution >= 4 is 54.5 Å². The Morgan fingerprint density at radius 2 is 2.15 bits per heavy atom. The van der Waals surface area contributed by atoms with Gasteiger partial charge in [0.25, 0.3) is 0 Å². The van der Waals surface area contributed by atoms with Gasteiger partial charge in [0.15, 0.2) is 4.67 Å². The van der Waals surface area contributed by atoms with Crippen LogP contribution in [0.25, 0.3) is 22.7 Å². The number of nitriles is 1. The van der Waals surface area contributed by atoms with Gasteiger partial charge in [-0.3, -0.25) is 0 Å². The molecule has 2 aromatic heterocycles. The van der Waals surface area contributed by atoms with E-state index in [0.717, 1.165) is 15.5 Å². The second-order valence-corrected chi connectivity index (χ2v) is 5.62. The average Bonchev–Trinajstić information content (AvgIpc) is 3.00. The van der Waals surface area contributed by atoms with E-state index >= 15 is 0 Å². The number of hydrogen-bond donors (Lipinski definition) is 1. The van der Waals surface area contributed by atoms with Crippen LogP contribution in [0.5, 0.6) is 0 Å². The van der Waals surface area contributed by atoms with Crippen LogP contribution in [-0.2, 0) is 0 Å². The van der Waals surface area contributed by atoms with Gasteiger partial charge in [0.2, 0.25) is 0 Å². The maximum Gasteiger partial charge on any atom is 0.184 e. The number of aromatic nitrogens is 2. The van der Waals surface area contributed by atoms with Crippen LogP contribution >= 0.6 is 31.9 Å². The molecule has 0 aliphatic carbocycles. The Bertz CT molecular complexity index is 802. The van der Waals surface area contributed by atoms with Gasteiger partial charge in [-0.2, -0.15) is 5.26 Å². The number of imidazole rings is 1. The summed E-state index contributed by atoms with van der Waals surface area (Å²) in [6, 6.07) is 11.5. The van der Waals surface area contributed by atoms with E-state index in [1.807, 2.05) is 24.3 Å². The van der Waals surface area contributed by atoms with Crippen molar-refractivity contribution in [3.63, 3.8) is 0 Å². The summed E-state index contributed by atoms with van der Waals surface area (Å²) in [5.41, 5.74) is 2.13. The Morgan fingerprint density at radius 1 is 1.35 bits per heavy atom. The number of H-pyrrole nitrogens is 1. The summed E-state index contributed by atoms with van der Waals surface area (Å²) in [5, 5.41) is 9.30. The Hall–Kier alpha value is -1.84. The molecule has 4 nitrogen and oxygen atoms in total. The third kappa shape index (κ3) is 2.42. The van der Waals surface area contributed by atoms with Crippen molar-refractivity contribution in [2.24, 2.45) is 0 Å². The van der Waals surface area contributed by atoms with Crippen LogP contribution in [0.2, 0.25) is 0 Å². The molecule has 6 heteroatoms. The molecule has 3 aromatic rings. The predicted molar refractivity (Wildman–Crippen MR) is 83.7 cm³/mol. The Balaban J connectivity index is 2.07. The van der Waals surface area contributed by atoms with Crippen LogP contribution in [0.3, 0.4) is 0 Å². The van der Waals surface area contributed by atoms with E-state index < -0.39 is 0 Å². The third-order valence-electron chi connectivity index (χ3n) is 2.72. The molecule has 3 rings (SSSR count). The lowest BCUT2D eigenvalue weighted by Gasteiger charge is -1.91. The zero-order valence-electron chi connectivity index (χ0n) is 10.0. The summed E-state index contributed by atoms with van der Waals surface area (Å²) in [5.74, 6) is 1.10. The van der Waals surface area contributed by atoms with Crippen molar-refractivity contribution < 1.29 is 4.42 Å². The minimum absolute atomic E-state index is 0.412. The number of hydrogen-bond acceptors (Lipinski definition) is 3. The summed E-state index contributed by atoms with van der Waals surface area (Å²) in [4.78, 5) is 7.52. The van der Waals surface area contributed by atoms with E-state index in [1.165, 1.54) is 0 Å². The van der Waals surface area contributed by atoms with Crippen molar-refractivity contribution in [3.05, 3.63) is 51.1 Å². The second-order valence-electron chi connectivity index (χ2n) is 4.04. The highest BCUT2D eigenvalue weighted by atomic mass is 79.9. The molecule has 2 heterocycles. The van der Waals surface area contributed by atoms with Gasteiger partial charge in [0.1, 0.15) is 17.7 Å². The van der Waals surface area contributed by atoms with E-state index in [4.69, 9.17) is 4.42 Å². The number of furan rings is 1. The second kappa shape index (κ2) is 5.27. The summed E-state index contributed by atoms with van der Waals surface area (Å²) in [7, 11) is 0. The lowest BCUT2D eigenvalue weighted by molar-refractivity contribution is 0.530. The molecule has 0 saturated heterocycles. The van der Waals surface area contributed by atoms with Gasteiger partial charge in [0.05, 0.1) is 21.1 Å². The first-order chi connectivity index (χ1) is 9.67. The molecule has 0 aliphatic rings. The summed E-state index contributed by atoms with van der Waals surface area (Å²) in [6.45, 7) is 0. The summed E-state index contributed by atoms with van der Waals surface area (Å²) >= 11 is 6.60. The molecule has 1 N–H and O–H groups in total. The molecule has 0 bridgehead atoms. The summed E-state index contributed by atoms with van der Waals surface area (Å²) < 4.78 is 6.83. The van der Waals surface area contributed by atoms with E-state index in [2.05, 4.69) is 47.9 Å². The highest BCUT2D eigenvalue weighted by Gasteiger charge is 2.10. The number of halogens is 2. The molecule has 0 aliphatic heterocycles. The van der Waals surface area contributed by atoms with Gasteiger partial charge in [-0.15, -0.1) is 0 Å². The molecule has 0 amide bonds. The van der Waals surface area contributed by atoms with Crippen molar-refractivity contribution in [1.29, 1.82) is 5.26 Å². The monoisotopic (exact) mass is 391 g/mol. The SMILES string of the molecule is N#CC(=Cc1cc(Br)c(Br)o1)c1nc2ccccc2[nH]1. The minimum atomic E-state index is 0.412. The molecule has 0 atom stereocenters. The first-order valence-corrected chi connectivity index (χ1v) is 7.28. The van der Waals surface area contributed by atoms with E-state index in [-0.39, 0.29) is 0 Å². The van der Waals surface area contributed by atoms with Gasteiger partial charge in [0, 0.05) is 6.08 Å². The molecular weight excluding hydrogens is 386 g/mol. The van der Waals surface area contributed by atoms with Crippen LogP contribution in [-0.4, -0.2) is 9.97 Å². The largest absolute Gasteiger partial charge is 0.449 e. The number of fused-ring (bicyclic) bond motifs is 1. The zero-order valence-corrected chi connectivity index (χ0v) is 13.2. The minimum Gasteiger partial charge on any atom is -0.449 e. The first kappa shape index (κ1) is 13.2. The highest BCUT2D eigenvalue weighted by Crippen LogP contribution is 2.29. The van der Waals surface area contributed by atoms with Crippen LogP contribution in [0, 0.1) is 11.3 Å². The Morgan fingerprint density at radius 3 is 2.80 bits per heavy atom. The average molecular weight is 393 g/mol. The fraction of sp³-hybridized carbons (Fsp3) is 0. The maximum absolute atomic E-state index is 9.30. The van der Waals surface area contributed by atoms with Crippen LogP contribution in [0.4, 0.5) is 0 Å². The van der Waals surface area contributed by atoms with Crippen molar-refractivity contribution in [2.75, 3.05) is 0 Å². The van der Waals surface area contributed by atoms with E-state index in [9.17, 15) is 5.26 Å². The molecule has 98 valence electrons. The lowest BCUT2D eigenvalue weighted by atomic mass is 10.2.